The fourth-order valence-corrected chi connectivity index (χ4v) is 0. The molecule has 0 unspecified atom stereocenters. The molecule has 0 heterocycles. The molecule has 0 spiro atoms. The topological polar surface area (TPSA) is 130 Å². The van der Waals surface area contributed by atoms with Crippen molar-refractivity contribution in [2.24, 2.45) is 0 Å². The van der Waals surface area contributed by atoms with Crippen molar-refractivity contribution < 1.29 is 46.8 Å². The van der Waals surface area contributed by atoms with E-state index in [1.165, 1.54) is 42.3 Å². The van der Waals surface area contributed by atoms with Crippen molar-refractivity contribution >= 4 is 18.3 Å². The van der Waals surface area contributed by atoms with Crippen molar-refractivity contribution in [2.45, 2.75) is 0 Å². The maximum Gasteiger partial charge on any atom is 3.00 e. The first-order valence-electron chi connectivity index (χ1n) is 4.58. The fourth-order valence-electron chi connectivity index (χ4n) is 0. The predicted molar refractivity (Wildman–Crippen MR) is 57.2 cm³/mol. The van der Waals surface area contributed by atoms with E-state index in [2.05, 4.69) is 0 Å². The van der Waals surface area contributed by atoms with Gasteiger partial charge in [0.2, 0.25) is 0 Å². The molecule has 0 aromatic rings. The van der Waals surface area contributed by atoms with Crippen LogP contribution in [0, 0.1) is 0 Å². The van der Waals surface area contributed by atoms with Gasteiger partial charge in [-0.15, -0.1) is 0 Å². The maximum absolute atomic E-state index is 9.51. The molecule has 0 aromatic heterocycles. The summed E-state index contributed by atoms with van der Waals surface area (Å²) in [6, 6.07) is 0. The number of amides is 3. The van der Waals surface area contributed by atoms with Crippen molar-refractivity contribution in [1.29, 1.82) is 0 Å². The second kappa shape index (κ2) is 14.4. The summed E-state index contributed by atoms with van der Waals surface area (Å²) in [6.07, 6.45) is -3.47. The molecular formula is C9H18FeN3O6. The van der Waals surface area contributed by atoms with Crippen molar-refractivity contribution in [3.8, 4) is 0 Å². The second-order valence-corrected chi connectivity index (χ2v) is 3.48. The number of carboxylic acid groups (broad SMARTS) is 3. The summed E-state index contributed by atoms with van der Waals surface area (Å²) >= 11 is 0. The normalized spacial score (nSPS) is 7.26. The molecule has 3 amide bonds. The van der Waals surface area contributed by atoms with Gasteiger partial charge in [-0.1, -0.05) is 0 Å². The number of carbonyl (C=O) groups excluding carboxylic acids is 3. The molecule has 0 bridgehead atoms. The molecule has 19 heavy (non-hydrogen) atoms. The van der Waals surface area contributed by atoms with Gasteiger partial charge in [-0.3, -0.25) is 0 Å². The monoisotopic (exact) mass is 320 g/mol. The first-order chi connectivity index (χ1) is 7.93. The quantitative estimate of drug-likeness (QED) is 0.429. The Kier molecular flexibility index (Phi) is 19.7. The number of hydrogen-bond donors (Lipinski definition) is 0. The third-order valence-electron chi connectivity index (χ3n) is 1.10. The molecule has 0 rings (SSSR count). The van der Waals surface area contributed by atoms with Crippen LogP contribution < -0.4 is 15.3 Å². The molecule has 1 radical (unpaired) electrons. The van der Waals surface area contributed by atoms with Gasteiger partial charge in [-0.05, 0) is 0 Å². The summed E-state index contributed by atoms with van der Waals surface area (Å²) in [5, 5.41) is 28.5. The summed E-state index contributed by atoms with van der Waals surface area (Å²) in [6.45, 7) is 0. The van der Waals surface area contributed by atoms with Crippen LogP contribution in [-0.4, -0.2) is 75.3 Å². The Labute approximate surface area is 122 Å². The van der Waals surface area contributed by atoms with Crippen molar-refractivity contribution in [1.82, 2.24) is 14.7 Å². The summed E-state index contributed by atoms with van der Waals surface area (Å²) in [5.41, 5.74) is 0. The van der Waals surface area contributed by atoms with Gasteiger partial charge in [0.25, 0.3) is 0 Å². The Bertz CT molecular complexity index is 228. The van der Waals surface area contributed by atoms with Crippen molar-refractivity contribution in [3.63, 3.8) is 0 Å². The number of nitrogens with zero attached hydrogens (tertiary/aromatic N) is 3. The molecule has 0 aliphatic carbocycles. The maximum atomic E-state index is 9.51. The van der Waals surface area contributed by atoms with E-state index in [1.54, 1.807) is 0 Å². The Balaban J connectivity index is -0.0000000865. The zero-order chi connectivity index (χ0) is 15.5. The largest absolute Gasteiger partial charge is 3.00 e. The predicted octanol–water partition coefficient (Wildman–Crippen LogP) is -3.33. The molecule has 10 heteroatoms. The Morgan fingerprint density at radius 3 is 0.632 bits per heavy atom. The number of hydrogen-bond acceptors (Lipinski definition) is 6. The van der Waals surface area contributed by atoms with Crippen LogP contribution in [-0.2, 0) is 17.1 Å². The third-order valence-corrected chi connectivity index (χ3v) is 1.10. The van der Waals surface area contributed by atoms with E-state index in [4.69, 9.17) is 0 Å². The molecule has 0 aliphatic rings. The molecule has 0 saturated carbocycles. The van der Waals surface area contributed by atoms with Crippen LogP contribution in [0.4, 0.5) is 14.4 Å². The third kappa shape index (κ3) is 31.4. The van der Waals surface area contributed by atoms with Crippen LogP contribution in [0.2, 0.25) is 0 Å². The van der Waals surface area contributed by atoms with Crippen LogP contribution in [0.25, 0.3) is 0 Å². The molecule has 9 nitrogen and oxygen atoms in total. The van der Waals surface area contributed by atoms with Gasteiger partial charge in [0, 0.05) is 42.3 Å². The minimum Gasteiger partial charge on any atom is -0.530 e. The molecule has 0 N–H and O–H groups in total. The van der Waals surface area contributed by atoms with E-state index < -0.39 is 18.3 Å². The zero-order valence-electron chi connectivity index (χ0n) is 11.6. The van der Waals surface area contributed by atoms with Gasteiger partial charge in [-0.2, -0.15) is 0 Å². The standard InChI is InChI=1S/3C3H7NO2.Fe/c3*1-4(2)3(5)6;/h3*1-2H3,(H,5,6);/q;;;+3/p-3. The average Bonchev–Trinajstić information content (AvgIpc) is 2.18. The van der Waals surface area contributed by atoms with Gasteiger partial charge in [0.15, 0.2) is 0 Å². The first-order valence-corrected chi connectivity index (χ1v) is 4.58. The fraction of sp³-hybridized carbons (Fsp3) is 0.667. The van der Waals surface area contributed by atoms with E-state index in [0.29, 0.717) is 0 Å². The van der Waals surface area contributed by atoms with Crippen molar-refractivity contribution in [3.05, 3.63) is 0 Å². The molecule has 0 aromatic carbocycles. The molecular weight excluding hydrogens is 302 g/mol. The van der Waals surface area contributed by atoms with Crippen LogP contribution in [0.5, 0.6) is 0 Å². The van der Waals surface area contributed by atoms with Crippen LogP contribution in [0.3, 0.4) is 0 Å². The smallest absolute Gasteiger partial charge is 0.530 e. The molecule has 113 valence electrons. The summed E-state index contributed by atoms with van der Waals surface area (Å²) in [4.78, 5) is 31.5. The Morgan fingerprint density at radius 2 is 0.632 bits per heavy atom. The average molecular weight is 320 g/mol. The minimum atomic E-state index is -1.16. The molecule has 0 fully saturated rings. The van der Waals surface area contributed by atoms with Crippen LogP contribution >= 0.6 is 0 Å². The molecule has 0 saturated heterocycles. The van der Waals surface area contributed by atoms with E-state index in [0.717, 1.165) is 14.7 Å². The first kappa shape index (κ1) is 26.0. The van der Waals surface area contributed by atoms with E-state index in [9.17, 15) is 29.7 Å². The van der Waals surface area contributed by atoms with Gasteiger partial charge in [-0.25, -0.2) is 0 Å². The molecule has 0 atom stereocenters. The second-order valence-electron chi connectivity index (χ2n) is 3.48. The minimum absolute atomic E-state index is 0. The van der Waals surface area contributed by atoms with Crippen LogP contribution in [0.1, 0.15) is 0 Å². The number of carbonyl (C=O) groups is 3. The van der Waals surface area contributed by atoms with E-state index in [1.807, 2.05) is 0 Å². The molecule has 0 aliphatic heterocycles. The van der Waals surface area contributed by atoms with Gasteiger partial charge < -0.3 is 44.4 Å². The zero-order valence-corrected chi connectivity index (χ0v) is 12.7. The van der Waals surface area contributed by atoms with Crippen LogP contribution in [0.15, 0.2) is 0 Å². The van der Waals surface area contributed by atoms with E-state index in [-0.39, 0.29) is 17.1 Å². The summed E-state index contributed by atoms with van der Waals surface area (Å²) in [7, 11) is 8.47. The van der Waals surface area contributed by atoms with E-state index >= 15 is 0 Å². The Morgan fingerprint density at radius 1 is 0.579 bits per heavy atom. The summed E-state index contributed by atoms with van der Waals surface area (Å²) < 4.78 is 0. The van der Waals surface area contributed by atoms with Crippen molar-refractivity contribution in [2.75, 3.05) is 42.3 Å². The Hall–Kier alpha value is -1.67. The SMILES string of the molecule is CN(C)C(=O)[O-].CN(C)C(=O)[O-].CN(C)C(=O)[O-].[Fe+3]. The van der Waals surface area contributed by atoms with Gasteiger partial charge >= 0.3 is 17.1 Å². The summed E-state index contributed by atoms with van der Waals surface area (Å²) in [5.74, 6) is 0. The number of rotatable bonds is 0. The van der Waals surface area contributed by atoms with Gasteiger partial charge in [0.1, 0.15) is 18.3 Å². The van der Waals surface area contributed by atoms with Gasteiger partial charge in [0.05, 0.1) is 0 Å².